The van der Waals surface area contributed by atoms with Crippen LogP contribution >= 0.6 is 11.8 Å². The fraction of sp³-hybridized carbons (Fsp3) is 0.700. The molecule has 1 aliphatic rings. The van der Waals surface area contributed by atoms with Crippen molar-refractivity contribution in [3.63, 3.8) is 0 Å². The maximum absolute atomic E-state index is 11.5. The zero-order valence-electron chi connectivity index (χ0n) is 8.37. The van der Waals surface area contributed by atoms with Gasteiger partial charge in [-0.15, -0.1) is 6.58 Å². The van der Waals surface area contributed by atoms with Crippen molar-refractivity contribution >= 4 is 17.7 Å². The normalized spacial score (nSPS) is 20.1. The topological polar surface area (TPSA) is 55.1 Å². The molecule has 0 radical (unpaired) electrons. The Labute approximate surface area is 89.5 Å². The molecule has 80 valence electrons. The van der Waals surface area contributed by atoms with Gasteiger partial charge in [0.1, 0.15) is 0 Å². The van der Waals surface area contributed by atoms with Crippen LogP contribution in [0.25, 0.3) is 0 Å². The van der Waals surface area contributed by atoms with E-state index in [0.717, 1.165) is 24.3 Å². The molecule has 0 aromatic rings. The molecule has 4 heteroatoms. The molecule has 3 nitrogen and oxygen atoms in total. The first kappa shape index (κ1) is 11.6. The molecule has 0 bridgehead atoms. The second kappa shape index (κ2) is 6.09. The van der Waals surface area contributed by atoms with Crippen molar-refractivity contribution in [1.82, 2.24) is 5.32 Å². The van der Waals surface area contributed by atoms with Gasteiger partial charge < -0.3 is 11.1 Å². The van der Waals surface area contributed by atoms with Gasteiger partial charge >= 0.3 is 0 Å². The number of rotatable bonds is 4. The predicted octanol–water partition coefficient (Wildman–Crippen LogP) is 0.902. The van der Waals surface area contributed by atoms with E-state index in [4.69, 9.17) is 5.73 Å². The Balaban J connectivity index is 2.27. The molecular formula is C10H18N2OS. The van der Waals surface area contributed by atoms with E-state index >= 15 is 0 Å². The standard InChI is InChI=1S/C10H18N2OS/c1-2-3-9(11)10(13)12-8-4-6-14-7-5-8/h2,8-9H,1,3-7,11H2,(H,12,13). The van der Waals surface area contributed by atoms with E-state index in [-0.39, 0.29) is 5.91 Å². The van der Waals surface area contributed by atoms with Gasteiger partial charge in [0.25, 0.3) is 0 Å². The molecule has 1 unspecified atom stereocenters. The second-order valence-electron chi connectivity index (χ2n) is 3.53. The number of hydrogen-bond donors (Lipinski definition) is 2. The molecule has 0 aromatic carbocycles. The zero-order chi connectivity index (χ0) is 10.4. The molecule has 0 spiro atoms. The van der Waals surface area contributed by atoms with Gasteiger partial charge in [0.05, 0.1) is 6.04 Å². The number of thioether (sulfide) groups is 1. The highest BCUT2D eigenvalue weighted by molar-refractivity contribution is 7.99. The first-order valence-electron chi connectivity index (χ1n) is 4.98. The number of amides is 1. The van der Waals surface area contributed by atoms with Crippen LogP contribution in [0.15, 0.2) is 12.7 Å². The van der Waals surface area contributed by atoms with E-state index in [1.54, 1.807) is 6.08 Å². The SMILES string of the molecule is C=CCC(N)C(=O)NC1CCSCC1. The Morgan fingerprint density at radius 3 is 2.86 bits per heavy atom. The fourth-order valence-corrected chi connectivity index (χ4v) is 2.54. The van der Waals surface area contributed by atoms with E-state index < -0.39 is 6.04 Å². The lowest BCUT2D eigenvalue weighted by Crippen LogP contribution is -2.46. The number of nitrogens with one attached hydrogen (secondary N) is 1. The summed E-state index contributed by atoms with van der Waals surface area (Å²) in [6, 6.07) is -0.0957. The summed E-state index contributed by atoms with van der Waals surface area (Å²) in [4.78, 5) is 11.5. The van der Waals surface area contributed by atoms with Crippen LogP contribution < -0.4 is 11.1 Å². The van der Waals surface area contributed by atoms with Crippen LogP contribution in [-0.2, 0) is 4.79 Å². The van der Waals surface area contributed by atoms with Gasteiger partial charge in [-0.25, -0.2) is 0 Å². The Kier molecular flexibility index (Phi) is 5.04. The molecule has 0 aromatic heterocycles. The van der Waals surface area contributed by atoms with Crippen molar-refractivity contribution in [2.45, 2.75) is 31.3 Å². The minimum Gasteiger partial charge on any atom is -0.352 e. The number of hydrogen-bond acceptors (Lipinski definition) is 3. The lowest BCUT2D eigenvalue weighted by Gasteiger charge is -2.23. The largest absolute Gasteiger partial charge is 0.352 e. The second-order valence-corrected chi connectivity index (χ2v) is 4.75. The van der Waals surface area contributed by atoms with Gasteiger partial charge in [0, 0.05) is 6.04 Å². The minimum absolute atomic E-state index is 0.0400. The summed E-state index contributed by atoms with van der Waals surface area (Å²) >= 11 is 1.95. The van der Waals surface area contributed by atoms with E-state index in [0.29, 0.717) is 12.5 Å². The van der Waals surface area contributed by atoms with Crippen LogP contribution in [0.3, 0.4) is 0 Å². The van der Waals surface area contributed by atoms with Gasteiger partial charge in [-0.3, -0.25) is 4.79 Å². The minimum atomic E-state index is -0.429. The Morgan fingerprint density at radius 1 is 1.64 bits per heavy atom. The highest BCUT2D eigenvalue weighted by Gasteiger charge is 2.18. The molecule has 1 fully saturated rings. The third-order valence-electron chi connectivity index (χ3n) is 2.33. The molecule has 0 saturated carbocycles. The number of carbonyl (C=O) groups excluding carboxylic acids is 1. The molecule has 14 heavy (non-hydrogen) atoms. The lowest BCUT2D eigenvalue weighted by atomic mass is 10.1. The van der Waals surface area contributed by atoms with Crippen LogP contribution in [0.1, 0.15) is 19.3 Å². The molecule has 1 atom stereocenters. The van der Waals surface area contributed by atoms with E-state index in [9.17, 15) is 4.79 Å². The van der Waals surface area contributed by atoms with Gasteiger partial charge in [0.2, 0.25) is 5.91 Å². The van der Waals surface area contributed by atoms with Gasteiger partial charge in [-0.2, -0.15) is 11.8 Å². The number of carbonyl (C=O) groups is 1. The first-order valence-corrected chi connectivity index (χ1v) is 6.14. The number of nitrogens with two attached hydrogens (primary N) is 1. The molecule has 1 aliphatic heterocycles. The average molecular weight is 214 g/mol. The molecule has 1 rings (SSSR count). The molecule has 3 N–H and O–H groups in total. The molecular weight excluding hydrogens is 196 g/mol. The monoisotopic (exact) mass is 214 g/mol. The Morgan fingerprint density at radius 2 is 2.29 bits per heavy atom. The summed E-state index contributed by atoms with van der Waals surface area (Å²) < 4.78 is 0. The summed E-state index contributed by atoms with van der Waals surface area (Å²) in [5.41, 5.74) is 5.66. The van der Waals surface area contributed by atoms with Crippen molar-refractivity contribution in [3.05, 3.63) is 12.7 Å². The molecule has 1 saturated heterocycles. The summed E-state index contributed by atoms with van der Waals surface area (Å²) in [6.07, 6.45) is 4.36. The predicted molar refractivity (Wildman–Crippen MR) is 61.3 cm³/mol. The highest BCUT2D eigenvalue weighted by atomic mass is 32.2. The van der Waals surface area contributed by atoms with Crippen molar-refractivity contribution in [2.75, 3.05) is 11.5 Å². The summed E-state index contributed by atoms with van der Waals surface area (Å²) in [6.45, 7) is 3.57. The average Bonchev–Trinajstić information content (AvgIpc) is 2.19. The molecule has 0 aliphatic carbocycles. The smallest absolute Gasteiger partial charge is 0.237 e. The molecule has 1 heterocycles. The first-order chi connectivity index (χ1) is 6.74. The van der Waals surface area contributed by atoms with Crippen LogP contribution in [0.2, 0.25) is 0 Å². The van der Waals surface area contributed by atoms with Crippen LogP contribution in [0, 0.1) is 0 Å². The van der Waals surface area contributed by atoms with E-state index in [2.05, 4.69) is 11.9 Å². The quantitative estimate of drug-likeness (QED) is 0.684. The third kappa shape index (κ3) is 3.72. The maximum atomic E-state index is 11.5. The Hall–Kier alpha value is -0.480. The summed E-state index contributed by atoms with van der Waals surface area (Å²) in [5, 5.41) is 2.98. The van der Waals surface area contributed by atoms with Crippen LogP contribution in [0.4, 0.5) is 0 Å². The van der Waals surface area contributed by atoms with Crippen molar-refractivity contribution < 1.29 is 4.79 Å². The lowest BCUT2D eigenvalue weighted by molar-refractivity contribution is -0.123. The van der Waals surface area contributed by atoms with Gasteiger partial charge in [0.15, 0.2) is 0 Å². The zero-order valence-corrected chi connectivity index (χ0v) is 9.19. The maximum Gasteiger partial charge on any atom is 0.237 e. The van der Waals surface area contributed by atoms with Gasteiger partial charge in [-0.05, 0) is 30.8 Å². The van der Waals surface area contributed by atoms with E-state index in [1.165, 1.54) is 0 Å². The van der Waals surface area contributed by atoms with Crippen molar-refractivity contribution in [3.8, 4) is 0 Å². The van der Waals surface area contributed by atoms with E-state index in [1.807, 2.05) is 11.8 Å². The highest BCUT2D eigenvalue weighted by Crippen LogP contribution is 2.16. The van der Waals surface area contributed by atoms with Crippen LogP contribution in [-0.4, -0.2) is 29.5 Å². The fourth-order valence-electron chi connectivity index (χ4n) is 1.44. The summed E-state index contributed by atoms with van der Waals surface area (Å²) in [5.74, 6) is 2.24. The van der Waals surface area contributed by atoms with Crippen molar-refractivity contribution in [2.24, 2.45) is 5.73 Å². The van der Waals surface area contributed by atoms with Crippen LogP contribution in [0.5, 0.6) is 0 Å². The Bertz CT molecular complexity index is 202. The van der Waals surface area contributed by atoms with Crippen molar-refractivity contribution in [1.29, 1.82) is 0 Å². The summed E-state index contributed by atoms with van der Waals surface area (Å²) in [7, 11) is 0. The third-order valence-corrected chi connectivity index (χ3v) is 3.37. The molecule has 1 amide bonds. The van der Waals surface area contributed by atoms with Gasteiger partial charge in [-0.1, -0.05) is 6.08 Å².